The van der Waals surface area contributed by atoms with Crippen LogP contribution in [0.1, 0.15) is 18.4 Å². The molecular formula is C11H11F3N2. The second-order valence-corrected chi connectivity index (χ2v) is 3.89. The standard InChI is InChI=1S/C11H11F3N2/c12-11(13,14)10(6-7-10)16-9(15)8-4-2-1-3-5-8/h1-5H,6-7H2,(H2,15,16). The van der Waals surface area contributed by atoms with Crippen molar-refractivity contribution in [2.75, 3.05) is 0 Å². The van der Waals surface area contributed by atoms with E-state index in [9.17, 15) is 13.2 Å². The Bertz CT molecular complexity index is 405. The number of halogens is 3. The average molecular weight is 228 g/mol. The van der Waals surface area contributed by atoms with Crippen LogP contribution in [-0.2, 0) is 0 Å². The molecule has 0 aliphatic heterocycles. The van der Waals surface area contributed by atoms with Crippen LogP contribution >= 0.6 is 0 Å². The van der Waals surface area contributed by atoms with Crippen LogP contribution in [0.5, 0.6) is 0 Å². The highest BCUT2D eigenvalue weighted by molar-refractivity contribution is 5.97. The molecule has 0 heterocycles. The van der Waals surface area contributed by atoms with Gasteiger partial charge in [-0.3, -0.25) is 4.99 Å². The molecule has 0 unspecified atom stereocenters. The monoisotopic (exact) mass is 228 g/mol. The number of nitrogens with two attached hydrogens (primary N) is 1. The third-order valence-corrected chi connectivity index (χ3v) is 2.66. The molecule has 1 aliphatic carbocycles. The van der Waals surface area contributed by atoms with E-state index in [0.717, 1.165) is 0 Å². The summed E-state index contributed by atoms with van der Waals surface area (Å²) < 4.78 is 37.8. The van der Waals surface area contributed by atoms with Crippen LogP contribution < -0.4 is 5.73 Å². The van der Waals surface area contributed by atoms with Gasteiger partial charge in [-0.15, -0.1) is 0 Å². The van der Waals surface area contributed by atoms with E-state index < -0.39 is 11.7 Å². The van der Waals surface area contributed by atoms with Crippen molar-refractivity contribution in [2.24, 2.45) is 10.7 Å². The van der Waals surface area contributed by atoms with Gasteiger partial charge in [0.05, 0.1) is 0 Å². The molecular weight excluding hydrogens is 217 g/mol. The first kappa shape index (κ1) is 11.0. The predicted octanol–water partition coefficient (Wildman–Crippen LogP) is 2.49. The molecule has 0 radical (unpaired) electrons. The third-order valence-electron chi connectivity index (χ3n) is 2.66. The van der Waals surface area contributed by atoms with E-state index >= 15 is 0 Å². The fourth-order valence-corrected chi connectivity index (χ4v) is 1.48. The molecule has 2 N–H and O–H groups in total. The maximum atomic E-state index is 12.6. The number of aliphatic imine (C=N–C) groups is 1. The molecule has 5 heteroatoms. The summed E-state index contributed by atoms with van der Waals surface area (Å²) in [5.41, 5.74) is 4.17. The van der Waals surface area contributed by atoms with Crippen molar-refractivity contribution in [1.29, 1.82) is 0 Å². The first-order valence-corrected chi connectivity index (χ1v) is 4.92. The molecule has 16 heavy (non-hydrogen) atoms. The van der Waals surface area contributed by atoms with Gasteiger partial charge in [-0.2, -0.15) is 13.2 Å². The van der Waals surface area contributed by atoms with Crippen LogP contribution in [0.25, 0.3) is 0 Å². The van der Waals surface area contributed by atoms with E-state index in [1.165, 1.54) is 0 Å². The summed E-state index contributed by atoms with van der Waals surface area (Å²) in [5.74, 6) is -0.0459. The Morgan fingerprint density at radius 1 is 1.19 bits per heavy atom. The Morgan fingerprint density at radius 2 is 1.75 bits per heavy atom. The molecule has 0 aromatic heterocycles. The summed E-state index contributed by atoms with van der Waals surface area (Å²) >= 11 is 0. The molecule has 0 atom stereocenters. The Balaban J connectivity index is 2.26. The molecule has 0 amide bonds. The first-order chi connectivity index (χ1) is 7.45. The summed E-state index contributed by atoms with van der Waals surface area (Å²) in [6.07, 6.45) is -4.24. The second kappa shape index (κ2) is 3.50. The van der Waals surface area contributed by atoms with Crippen LogP contribution in [0.4, 0.5) is 13.2 Å². The molecule has 2 rings (SSSR count). The van der Waals surface area contributed by atoms with Gasteiger partial charge in [-0.1, -0.05) is 30.3 Å². The lowest BCUT2D eigenvalue weighted by Gasteiger charge is -2.15. The Hall–Kier alpha value is -1.52. The van der Waals surface area contributed by atoms with Crippen molar-refractivity contribution in [3.05, 3.63) is 35.9 Å². The maximum Gasteiger partial charge on any atom is 0.413 e. The Morgan fingerprint density at radius 3 is 2.19 bits per heavy atom. The third kappa shape index (κ3) is 1.89. The van der Waals surface area contributed by atoms with Crippen LogP contribution in [0.15, 0.2) is 35.3 Å². The number of amidine groups is 1. The van der Waals surface area contributed by atoms with Gasteiger partial charge in [0.1, 0.15) is 5.84 Å². The van der Waals surface area contributed by atoms with Crippen molar-refractivity contribution >= 4 is 5.84 Å². The zero-order chi connectivity index (χ0) is 11.8. The lowest BCUT2D eigenvalue weighted by molar-refractivity contribution is -0.155. The van der Waals surface area contributed by atoms with Crippen LogP contribution in [0.2, 0.25) is 0 Å². The maximum absolute atomic E-state index is 12.6. The van der Waals surface area contributed by atoms with E-state index in [0.29, 0.717) is 5.56 Å². The van der Waals surface area contributed by atoms with Gasteiger partial charge >= 0.3 is 6.18 Å². The van der Waals surface area contributed by atoms with Gasteiger partial charge in [0.15, 0.2) is 5.54 Å². The number of nitrogens with zero attached hydrogens (tertiary/aromatic N) is 1. The average Bonchev–Trinajstić information content (AvgIpc) is 2.99. The molecule has 1 fully saturated rings. The number of rotatable bonds is 2. The molecule has 0 saturated heterocycles. The molecule has 0 spiro atoms. The normalized spacial score (nSPS) is 19.6. The summed E-state index contributed by atoms with van der Waals surface area (Å²) in [6.45, 7) is 0. The number of alkyl halides is 3. The minimum Gasteiger partial charge on any atom is -0.383 e. The molecule has 1 saturated carbocycles. The summed E-state index contributed by atoms with van der Waals surface area (Å²) in [6, 6.07) is 8.49. The molecule has 2 nitrogen and oxygen atoms in total. The Labute approximate surface area is 91.0 Å². The SMILES string of the molecule is NC(=NC1(C(F)(F)F)CC1)c1ccccc1. The van der Waals surface area contributed by atoms with Crippen molar-refractivity contribution in [1.82, 2.24) is 0 Å². The highest BCUT2D eigenvalue weighted by atomic mass is 19.4. The zero-order valence-electron chi connectivity index (χ0n) is 8.46. The van der Waals surface area contributed by atoms with Crippen molar-refractivity contribution in [3.8, 4) is 0 Å². The first-order valence-electron chi connectivity index (χ1n) is 4.92. The van der Waals surface area contributed by atoms with E-state index in [-0.39, 0.29) is 18.7 Å². The molecule has 1 aromatic carbocycles. The fourth-order valence-electron chi connectivity index (χ4n) is 1.48. The predicted molar refractivity (Wildman–Crippen MR) is 55.2 cm³/mol. The molecule has 0 bridgehead atoms. The second-order valence-electron chi connectivity index (χ2n) is 3.89. The lowest BCUT2D eigenvalue weighted by Crippen LogP contribution is -2.32. The van der Waals surface area contributed by atoms with Gasteiger partial charge in [0.2, 0.25) is 0 Å². The van der Waals surface area contributed by atoms with Crippen molar-refractivity contribution < 1.29 is 13.2 Å². The summed E-state index contributed by atoms with van der Waals surface area (Å²) in [4.78, 5) is 3.63. The summed E-state index contributed by atoms with van der Waals surface area (Å²) in [7, 11) is 0. The van der Waals surface area contributed by atoms with Gasteiger partial charge in [0.25, 0.3) is 0 Å². The van der Waals surface area contributed by atoms with E-state index in [1.807, 2.05) is 0 Å². The van der Waals surface area contributed by atoms with Gasteiger partial charge < -0.3 is 5.73 Å². The lowest BCUT2D eigenvalue weighted by atomic mass is 10.2. The number of hydrogen-bond donors (Lipinski definition) is 1. The van der Waals surface area contributed by atoms with Crippen LogP contribution in [0.3, 0.4) is 0 Å². The smallest absolute Gasteiger partial charge is 0.383 e. The molecule has 1 aromatic rings. The topological polar surface area (TPSA) is 38.4 Å². The fraction of sp³-hybridized carbons (Fsp3) is 0.364. The number of hydrogen-bond acceptors (Lipinski definition) is 1. The van der Waals surface area contributed by atoms with Gasteiger partial charge in [0, 0.05) is 5.56 Å². The van der Waals surface area contributed by atoms with Gasteiger partial charge in [-0.05, 0) is 12.8 Å². The van der Waals surface area contributed by atoms with E-state index in [4.69, 9.17) is 5.73 Å². The van der Waals surface area contributed by atoms with Crippen LogP contribution in [-0.4, -0.2) is 17.6 Å². The Kier molecular flexibility index (Phi) is 2.40. The molecule has 86 valence electrons. The minimum atomic E-state index is -4.30. The van der Waals surface area contributed by atoms with Crippen molar-refractivity contribution in [2.45, 2.75) is 24.6 Å². The van der Waals surface area contributed by atoms with E-state index in [1.54, 1.807) is 30.3 Å². The summed E-state index contributed by atoms with van der Waals surface area (Å²) in [5, 5.41) is 0. The minimum absolute atomic E-state index is 0.0318. The quantitative estimate of drug-likeness (QED) is 0.613. The molecule has 1 aliphatic rings. The highest BCUT2D eigenvalue weighted by Gasteiger charge is 2.64. The zero-order valence-corrected chi connectivity index (χ0v) is 8.46. The largest absolute Gasteiger partial charge is 0.413 e. The van der Waals surface area contributed by atoms with Crippen molar-refractivity contribution in [3.63, 3.8) is 0 Å². The number of benzene rings is 1. The highest BCUT2D eigenvalue weighted by Crippen LogP contribution is 2.52. The van der Waals surface area contributed by atoms with Gasteiger partial charge in [-0.25, -0.2) is 0 Å². The van der Waals surface area contributed by atoms with Crippen LogP contribution in [0, 0.1) is 0 Å². The van der Waals surface area contributed by atoms with E-state index in [2.05, 4.69) is 4.99 Å².